The van der Waals surface area contributed by atoms with Gasteiger partial charge in [0.1, 0.15) is 11.8 Å². The Morgan fingerprint density at radius 1 is 1.38 bits per heavy atom. The number of amides is 2. The number of hydrogen-bond donors (Lipinski definition) is 1. The van der Waals surface area contributed by atoms with Gasteiger partial charge in [-0.3, -0.25) is 9.59 Å². The quantitative estimate of drug-likeness (QED) is 0.795. The number of benzene rings is 1. The molecule has 0 aliphatic heterocycles. The van der Waals surface area contributed by atoms with E-state index in [9.17, 15) is 9.59 Å². The van der Waals surface area contributed by atoms with Crippen molar-refractivity contribution in [3.8, 4) is 5.75 Å². The van der Waals surface area contributed by atoms with Gasteiger partial charge in [-0.2, -0.15) is 4.99 Å². The molecule has 1 heterocycles. The van der Waals surface area contributed by atoms with Gasteiger partial charge in [-0.1, -0.05) is 6.07 Å². The third kappa shape index (κ3) is 5.27. The first-order chi connectivity index (χ1) is 12.4. The van der Waals surface area contributed by atoms with Crippen molar-refractivity contribution in [2.24, 2.45) is 4.99 Å². The van der Waals surface area contributed by atoms with E-state index in [1.165, 1.54) is 11.3 Å². The Hall–Kier alpha value is -2.45. The summed E-state index contributed by atoms with van der Waals surface area (Å²) in [6.45, 7) is 3.11. The number of rotatable bonds is 7. The maximum Gasteiger partial charge on any atom is 0.279 e. The summed E-state index contributed by atoms with van der Waals surface area (Å²) < 4.78 is 6.84. The molecule has 0 aliphatic carbocycles. The van der Waals surface area contributed by atoms with Crippen molar-refractivity contribution in [2.45, 2.75) is 13.0 Å². The number of methoxy groups -OCH3 is 1. The van der Waals surface area contributed by atoms with E-state index >= 15 is 0 Å². The minimum atomic E-state index is -0.458. The molecule has 2 rings (SSSR count). The summed E-state index contributed by atoms with van der Waals surface area (Å²) in [5, 5.41) is 4.70. The molecule has 0 spiro atoms. The highest BCUT2D eigenvalue weighted by atomic mass is 32.1. The first kappa shape index (κ1) is 19.9. The van der Waals surface area contributed by atoms with Gasteiger partial charge in [-0.05, 0) is 39.2 Å². The van der Waals surface area contributed by atoms with Crippen molar-refractivity contribution in [3.05, 3.63) is 46.2 Å². The van der Waals surface area contributed by atoms with E-state index in [-0.39, 0.29) is 11.8 Å². The molecule has 0 bridgehead atoms. The number of likely N-dealkylation sites (N-methyl/N-ethyl adjacent to an activating group) is 1. The molecule has 0 aliphatic rings. The normalized spacial score (nSPS) is 12.9. The number of ether oxygens (including phenoxy) is 1. The van der Waals surface area contributed by atoms with Crippen LogP contribution >= 0.6 is 11.3 Å². The molecule has 1 unspecified atom stereocenters. The summed E-state index contributed by atoms with van der Waals surface area (Å²) in [6.07, 6.45) is 1.76. The summed E-state index contributed by atoms with van der Waals surface area (Å²) in [6, 6.07) is 6.37. The zero-order valence-electron chi connectivity index (χ0n) is 15.4. The lowest BCUT2D eigenvalue weighted by atomic mass is 10.2. The van der Waals surface area contributed by atoms with Crippen LogP contribution in [-0.2, 0) is 4.79 Å². The first-order valence-corrected chi connectivity index (χ1v) is 9.11. The van der Waals surface area contributed by atoms with Crippen LogP contribution in [0.25, 0.3) is 0 Å². The summed E-state index contributed by atoms with van der Waals surface area (Å²) in [4.78, 5) is 31.4. The van der Waals surface area contributed by atoms with Gasteiger partial charge in [0, 0.05) is 30.2 Å². The van der Waals surface area contributed by atoms with Gasteiger partial charge >= 0.3 is 0 Å². The molecule has 0 fully saturated rings. The molecule has 140 valence electrons. The lowest BCUT2D eigenvalue weighted by Crippen LogP contribution is -2.37. The zero-order chi connectivity index (χ0) is 19.1. The van der Waals surface area contributed by atoms with Crippen molar-refractivity contribution in [3.63, 3.8) is 0 Å². The highest BCUT2D eigenvalue weighted by Gasteiger charge is 2.16. The van der Waals surface area contributed by atoms with E-state index in [2.05, 4.69) is 10.3 Å². The van der Waals surface area contributed by atoms with Gasteiger partial charge in [0.15, 0.2) is 4.80 Å². The Kier molecular flexibility index (Phi) is 7.11. The standard InChI is InChI=1S/C18H24N4O3S/c1-13(16(23)19-8-9-21(2)3)22-10-11-26-18(22)20-17(24)14-6-5-7-15(12-14)25-4/h5-7,10-13H,8-9H2,1-4H3,(H,19,23). The monoisotopic (exact) mass is 376 g/mol. The Labute approximate surface area is 156 Å². The first-order valence-electron chi connectivity index (χ1n) is 8.23. The fourth-order valence-electron chi connectivity index (χ4n) is 2.24. The fraction of sp³-hybridized carbons (Fsp3) is 0.389. The van der Waals surface area contributed by atoms with E-state index in [1.807, 2.05) is 19.0 Å². The second-order valence-corrected chi connectivity index (χ2v) is 6.89. The predicted octanol–water partition coefficient (Wildman–Crippen LogP) is 1.54. The third-order valence-corrected chi connectivity index (χ3v) is 4.56. The third-order valence-electron chi connectivity index (χ3n) is 3.78. The van der Waals surface area contributed by atoms with Gasteiger partial charge in [0.25, 0.3) is 5.91 Å². The van der Waals surface area contributed by atoms with E-state index in [4.69, 9.17) is 4.74 Å². The summed E-state index contributed by atoms with van der Waals surface area (Å²) in [7, 11) is 5.44. The van der Waals surface area contributed by atoms with Crippen LogP contribution in [-0.4, -0.2) is 55.6 Å². The van der Waals surface area contributed by atoms with Crippen LogP contribution < -0.4 is 14.9 Å². The molecule has 0 radical (unpaired) electrons. The minimum Gasteiger partial charge on any atom is -0.497 e. The molecule has 0 saturated heterocycles. The van der Waals surface area contributed by atoms with Gasteiger partial charge in [0.05, 0.1) is 7.11 Å². The highest BCUT2D eigenvalue weighted by Crippen LogP contribution is 2.13. The molecule has 26 heavy (non-hydrogen) atoms. The summed E-state index contributed by atoms with van der Waals surface area (Å²) in [5.41, 5.74) is 0.437. The van der Waals surface area contributed by atoms with Crippen LogP contribution in [0.2, 0.25) is 0 Å². The smallest absolute Gasteiger partial charge is 0.279 e. The Morgan fingerprint density at radius 3 is 2.85 bits per heavy atom. The molecule has 1 aromatic carbocycles. The van der Waals surface area contributed by atoms with E-state index in [0.717, 1.165) is 6.54 Å². The molecule has 7 nitrogen and oxygen atoms in total. The molecule has 2 aromatic rings. The van der Waals surface area contributed by atoms with Crippen molar-refractivity contribution >= 4 is 23.2 Å². The maximum atomic E-state index is 12.4. The Morgan fingerprint density at radius 2 is 2.15 bits per heavy atom. The average molecular weight is 376 g/mol. The average Bonchev–Trinajstić information content (AvgIpc) is 3.08. The van der Waals surface area contributed by atoms with Crippen LogP contribution in [0.3, 0.4) is 0 Å². The molecule has 1 aromatic heterocycles. The number of carbonyl (C=O) groups excluding carboxylic acids is 2. The van der Waals surface area contributed by atoms with Crippen molar-refractivity contribution in [2.75, 3.05) is 34.3 Å². The second kappa shape index (κ2) is 9.30. The largest absolute Gasteiger partial charge is 0.497 e. The molecular formula is C18H24N4O3S. The molecule has 0 saturated carbocycles. The second-order valence-electron chi connectivity index (χ2n) is 6.01. The van der Waals surface area contributed by atoms with E-state index in [1.54, 1.807) is 54.4 Å². The van der Waals surface area contributed by atoms with E-state index < -0.39 is 6.04 Å². The molecule has 2 amide bonds. The number of hydrogen-bond acceptors (Lipinski definition) is 5. The van der Waals surface area contributed by atoms with Crippen LogP contribution in [0.5, 0.6) is 5.75 Å². The van der Waals surface area contributed by atoms with Gasteiger partial charge in [0.2, 0.25) is 5.91 Å². The number of carbonyl (C=O) groups is 2. The SMILES string of the molecule is COc1cccc(C(=O)N=c2sccn2C(C)C(=O)NCCN(C)C)c1. The summed E-state index contributed by atoms with van der Waals surface area (Å²) >= 11 is 1.31. The van der Waals surface area contributed by atoms with E-state index in [0.29, 0.717) is 22.7 Å². The predicted molar refractivity (Wildman–Crippen MR) is 101 cm³/mol. The lowest BCUT2D eigenvalue weighted by molar-refractivity contribution is -0.123. The van der Waals surface area contributed by atoms with Gasteiger partial charge in [-0.15, -0.1) is 11.3 Å². The maximum absolute atomic E-state index is 12.4. The lowest BCUT2D eigenvalue weighted by Gasteiger charge is -2.15. The molecule has 8 heteroatoms. The van der Waals surface area contributed by atoms with Crippen LogP contribution in [0.4, 0.5) is 0 Å². The fourth-order valence-corrected chi connectivity index (χ4v) is 3.03. The zero-order valence-corrected chi connectivity index (χ0v) is 16.2. The highest BCUT2D eigenvalue weighted by molar-refractivity contribution is 7.07. The van der Waals surface area contributed by atoms with Crippen LogP contribution in [0, 0.1) is 0 Å². The summed E-state index contributed by atoms with van der Waals surface area (Å²) in [5.74, 6) is 0.111. The van der Waals surface area contributed by atoms with Crippen molar-refractivity contribution in [1.29, 1.82) is 0 Å². The number of nitrogens with one attached hydrogen (secondary N) is 1. The van der Waals surface area contributed by atoms with Crippen LogP contribution in [0.1, 0.15) is 23.3 Å². The van der Waals surface area contributed by atoms with Crippen LogP contribution in [0.15, 0.2) is 40.8 Å². The van der Waals surface area contributed by atoms with Crippen molar-refractivity contribution in [1.82, 2.24) is 14.8 Å². The number of thiazole rings is 1. The topological polar surface area (TPSA) is 75.9 Å². The number of nitrogens with zero attached hydrogens (tertiary/aromatic N) is 3. The van der Waals surface area contributed by atoms with Gasteiger partial charge in [-0.25, -0.2) is 0 Å². The molecule has 1 atom stereocenters. The minimum absolute atomic E-state index is 0.111. The van der Waals surface area contributed by atoms with Gasteiger partial charge < -0.3 is 19.5 Å². The Bertz CT molecular complexity index is 826. The molecular weight excluding hydrogens is 352 g/mol. The Balaban J connectivity index is 2.16. The van der Waals surface area contributed by atoms with Crippen molar-refractivity contribution < 1.29 is 14.3 Å². The number of aromatic nitrogens is 1. The molecule has 1 N–H and O–H groups in total.